The van der Waals surface area contributed by atoms with Gasteiger partial charge in [-0.2, -0.15) is 0 Å². The van der Waals surface area contributed by atoms with Crippen molar-refractivity contribution in [3.05, 3.63) is 89.0 Å². The molecule has 7 heteroatoms. The van der Waals surface area contributed by atoms with Gasteiger partial charge < -0.3 is 15.7 Å². The Labute approximate surface area is 197 Å². The van der Waals surface area contributed by atoms with Crippen molar-refractivity contribution in [1.82, 2.24) is 0 Å². The molecule has 3 aromatic rings. The SMILES string of the molecule is CCC(Sc1cccc(NC(=O)c2cccc(C)c2)c1)C(=O)Nc1cc(C(=O)O)ccc1C. The van der Waals surface area contributed by atoms with Crippen molar-refractivity contribution in [1.29, 1.82) is 0 Å². The van der Waals surface area contributed by atoms with Crippen molar-refractivity contribution in [3.63, 3.8) is 0 Å². The molecule has 2 amide bonds. The van der Waals surface area contributed by atoms with Crippen molar-refractivity contribution < 1.29 is 19.5 Å². The van der Waals surface area contributed by atoms with Gasteiger partial charge in [-0.15, -0.1) is 11.8 Å². The predicted octanol–water partition coefficient (Wildman–Crippen LogP) is 5.76. The Morgan fingerprint density at radius 1 is 0.909 bits per heavy atom. The van der Waals surface area contributed by atoms with E-state index in [4.69, 9.17) is 0 Å². The molecule has 0 aliphatic carbocycles. The number of aryl methyl sites for hydroxylation is 2. The van der Waals surface area contributed by atoms with Crippen LogP contribution in [0.5, 0.6) is 0 Å². The Morgan fingerprint density at radius 2 is 1.67 bits per heavy atom. The van der Waals surface area contributed by atoms with Crippen LogP contribution in [0.3, 0.4) is 0 Å². The maximum absolute atomic E-state index is 12.9. The number of rotatable bonds is 8. The van der Waals surface area contributed by atoms with E-state index in [0.717, 1.165) is 16.0 Å². The molecule has 0 fully saturated rings. The highest BCUT2D eigenvalue weighted by Gasteiger charge is 2.20. The summed E-state index contributed by atoms with van der Waals surface area (Å²) in [7, 11) is 0. The number of hydrogen-bond acceptors (Lipinski definition) is 4. The van der Waals surface area contributed by atoms with Crippen LogP contribution in [0, 0.1) is 13.8 Å². The fourth-order valence-electron chi connectivity index (χ4n) is 3.23. The van der Waals surface area contributed by atoms with Crippen LogP contribution in [0.4, 0.5) is 11.4 Å². The summed E-state index contributed by atoms with van der Waals surface area (Å²) in [6, 6.07) is 19.4. The van der Waals surface area contributed by atoms with Crippen molar-refractivity contribution in [2.24, 2.45) is 0 Å². The van der Waals surface area contributed by atoms with E-state index in [-0.39, 0.29) is 22.6 Å². The molecule has 0 spiro atoms. The van der Waals surface area contributed by atoms with Gasteiger partial charge in [0.25, 0.3) is 5.91 Å². The second-order valence-electron chi connectivity index (χ2n) is 7.69. The molecule has 0 heterocycles. The maximum atomic E-state index is 12.9. The van der Waals surface area contributed by atoms with Gasteiger partial charge in [0.05, 0.1) is 10.8 Å². The number of carbonyl (C=O) groups is 3. The molecule has 6 nitrogen and oxygen atoms in total. The molecule has 0 bridgehead atoms. The largest absolute Gasteiger partial charge is 0.478 e. The first-order chi connectivity index (χ1) is 15.8. The Morgan fingerprint density at radius 3 is 2.36 bits per heavy atom. The number of aromatic carboxylic acids is 1. The van der Waals surface area contributed by atoms with Crippen LogP contribution in [-0.2, 0) is 4.79 Å². The fourth-order valence-corrected chi connectivity index (χ4v) is 4.24. The number of carbonyl (C=O) groups excluding carboxylic acids is 2. The third-order valence-corrected chi connectivity index (χ3v) is 6.41. The summed E-state index contributed by atoms with van der Waals surface area (Å²) in [5.74, 6) is -1.45. The number of hydrogen-bond donors (Lipinski definition) is 3. The molecule has 170 valence electrons. The van der Waals surface area contributed by atoms with Crippen LogP contribution in [0.2, 0.25) is 0 Å². The predicted molar refractivity (Wildman–Crippen MR) is 132 cm³/mol. The second kappa shape index (κ2) is 10.8. The van der Waals surface area contributed by atoms with E-state index in [2.05, 4.69) is 10.6 Å². The first kappa shape index (κ1) is 24.1. The van der Waals surface area contributed by atoms with Gasteiger partial charge >= 0.3 is 5.97 Å². The molecule has 0 aliphatic heterocycles. The summed E-state index contributed by atoms with van der Waals surface area (Å²) in [6.45, 7) is 5.67. The summed E-state index contributed by atoms with van der Waals surface area (Å²) in [4.78, 5) is 37.6. The van der Waals surface area contributed by atoms with Gasteiger partial charge in [0.1, 0.15) is 0 Å². The van der Waals surface area contributed by atoms with E-state index in [9.17, 15) is 19.5 Å². The van der Waals surface area contributed by atoms with Crippen LogP contribution in [0.15, 0.2) is 71.6 Å². The normalized spacial score (nSPS) is 11.5. The summed E-state index contributed by atoms with van der Waals surface area (Å²) in [5.41, 5.74) is 3.62. The Kier molecular flexibility index (Phi) is 7.90. The molecule has 0 saturated heterocycles. The average Bonchev–Trinajstić information content (AvgIpc) is 2.79. The Balaban J connectivity index is 1.70. The minimum atomic E-state index is -1.04. The minimum absolute atomic E-state index is 0.119. The lowest BCUT2D eigenvalue weighted by molar-refractivity contribution is -0.115. The van der Waals surface area contributed by atoms with Gasteiger partial charge in [-0.3, -0.25) is 9.59 Å². The summed E-state index contributed by atoms with van der Waals surface area (Å²) >= 11 is 1.39. The van der Waals surface area contributed by atoms with E-state index in [0.29, 0.717) is 23.4 Å². The zero-order chi connectivity index (χ0) is 24.0. The molecule has 3 N–H and O–H groups in total. The molecule has 1 atom stereocenters. The molecule has 0 radical (unpaired) electrons. The highest BCUT2D eigenvalue weighted by Crippen LogP contribution is 2.29. The monoisotopic (exact) mass is 462 g/mol. The van der Waals surface area contributed by atoms with Crippen LogP contribution < -0.4 is 10.6 Å². The molecule has 0 aliphatic rings. The maximum Gasteiger partial charge on any atom is 0.335 e. The van der Waals surface area contributed by atoms with Crippen LogP contribution in [0.1, 0.15) is 45.2 Å². The van der Waals surface area contributed by atoms with Crippen molar-refractivity contribution >= 4 is 40.9 Å². The van der Waals surface area contributed by atoms with Gasteiger partial charge in [0, 0.05) is 21.8 Å². The van der Waals surface area contributed by atoms with Crippen molar-refractivity contribution in [2.45, 2.75) is 37.3 Å². The smallest absolute Gasteiger partial charge is 0.335 e. The molecule has 0 aromatic heterocycles. The third-order valence-electron chi connectivity index (χ3n) is 5.06. The summed E-state index contributed by atoms with van der Waals surface area (Å²) in [5, 5.41) is 14.6. The van der Waals surface area contributed by atoms with E-state index in [1.807, 2.05) is 57.2 Å². The van der Waals surface area contributed by atoms with E-state index < -0.39 is 5.97 Å². The zero-order valence-electron chi connectivity index (χ0n) is 18.7. The number of carboxylic acid groups (broad SMARTS) is 1. The summed E-state index contributed by atoms with van der Waals surface area (Å²) < 4.78 is 0. The van der Waals surface area contributed by atoms with E-state index in [1.165, 1.54) is 23.9 Å². The number of amides is 2. The fraction of sp³-hybridized carbons (Fsp3) is 0.192. The highest BCUT2D eigenvalue weighted by atomic mass is 32.2. The molecule has 1 unspecified atom stereocenters. The zero-order valence-corrected chi connectivity index (χ0v) is 19.5. The topological polar surface area (TPSA) is 95.5 Å². The quantitative estimate of drug-likeness (QED) is 0.370. The Hall–Kier alpha value is -3.58. The van der Waals surface area contributed by atoms with E-state index in [1.54, 1.807) is 18.2 Å². The number of benzene rings is 3. The second-order valence-corrected chi connectivity index (χ2v) is 8.97. The van der Waals surface area contributed by atoms with Crippen molar-refractivity contribution in [3.8, 4) is 0 Å². The van der Waals surface area contributed by atoms with Crippen LogP contribution in [-0.4, -0.2) is 28.1 Å². The molecular weight excluding hydrogens is 436 g/mol. The summed E-state index contributed by atoms with van der Waals surface area (Å²) in [6.07, 6.45) is 0.577. The number of thioether (sulfide) groups is 1. The van der Waals surface area contributed by atoms with Gasteiger partial charge in [0.2, 0.25) is 5.91 Å². The van der Waals surface area contributed by atoms with Gasteiger partial charge in [0.15, 0.2) is 0 Å². The first-order valence-corrected chi connectivity index (χ1v) is 11.4. The van der Waals surface area contributed by atoms with Crippen molar-refractivity contribution in [2.75, 3.05) is 10.6 Å². The molecule has 33 heavy (non-hydrogen) atoms. The minimum Gasteiger partial charge on any atom is -0.478 e. The lowest BCUT2D eigenvalue weighted by atomic mass is 10.1. The van der Waals surface area contributed by atoms with Gasteiger partial charge in [-0.05, 0) is 68.3 Å². The third kappa shape index (κ3) is 6.46. The number of nitrogens with one attached hydrogen (secondary N) is 2. The number of carboxylic acids is 1. The average molecular weight is 463 g/mol. The number of anilines is 2. The molecule has 3 rings (SSSR count). The first-order valence-electron chi connectivity index (χ1n) is 10.6. The Bertz CT molecular complexity index is 1190. The molecule has 3 aromatic carbocycles. The highest BCUT2D eigenvalue weighted by molar-refractivity contribution is 8.00. The van der Waals surface area contributed by atoms with Gasteiger partial charge in [-0.1, -0.05) is 36.8 Å². The lowest BCUT2D eigenvalue weighted by Crippen LogP contribution is -2.25. The molecular formula is C26H26N2O4S. The standard InChI is InChI=1S/C26H26N2O4S/c1-4-23(25(30)28-22-14-19(26(31)32)12-11-17(22)3)33-21-10-6-9-20(15-21)27-24(29)18-8-5-7-16(2)13-18/h5-15,23H,4H2,1-3H3,(H,27,29)(H,28,30)(H,31,32). The van der Waals surface area contributed by atoms with Crippen LogP contribution >= 0.6 is 11.8 Å². The van der Waals surface area contributed by atoms with E-state index >= 15 is 0 Å². The molecule has 0 saturated carbocycles. The van der Waals surface area contributed by atoms with Gasteiger partial charge in [-0.25, -0.2) is 4.79 Å². The lowest BCUT2D eigenvalue weighted by Gasteiger charge is -2.17. The van der Waals surface area contributed by atoms with Crippen LogP contribution in [0.25, 0.3) is 0 Å².